The van der Waals surface area contributed by atoms with Crippen molar-refractivity contribution in [2.75, 3.05) is 13.7 Å². The Hall–Kier alpha value is -2.26. The number of aromatic nitrogens is 3. The minimum Gasteiger partial charge on any atom is -0.611 e. The van der Waals surface area contributed by atoms with Crippen LogP contribution in [0.2, 0.25) is 0 Å². The Bertz CT molecular complexity index is 712. The Kier molecular flexibility index (Phi) is 6.87. The van der Waals surface area contributed by atoms with Crippen LogP contribution in [0.25, 0.3) is 0 Å². The number of ether oxygens (including phenoxy) is 2. The molecular weight excluding hydrogens is 356 g/mol. The van der Waals surface area contributed by atoms with Gasteiger partial charge in [-0.05, 0) is 56.2 Å². The lowest BCUT2D eigenvalue weighted by molar-refractivity contribution is 0.0525. The van der Waals surface area contributed by atoms with E-state index < -0.39 is 22.9 Å². The molecule has 26 heavy (non-hydrogen) atoms. The molecule has 1 unspecified atom stereocenters. The third-order valence-electron chi connectivity index (χ3n) is 3.20. The van der Waals surface area contributed by atoms with Crippen molar-refractivity contribution >= 4 is 17.3 Å². The first kappa shape index (κ1) is 20.1. The van der Waals surface area contributed by atoms with E-state index in [1.165, 1.54) is 0 Å². The van der Waals surface area contributed by atoms with Gasteiger partial charge in [0.05, 0.1) is 19.9 Å². The molecule has 1 heterocycles. The summed E-state index contributed by atoms with van der Waals surface area (Å²) in [5.74, 6) is 0.987. The van der Waals surface area contributed by atoms with E-state index in [1.54, 1.807) is 63.0 Å². The molecule has 2 rings (SSSR count). The van der Waals surface area contributed by atoms with E-state index in [1.807, 2.05) is 0 Å². The van der Waals surface area contributed by atoms with Gasteiger partial charge in [-0.25, -0.2) is 4.79 Å². The maximum atomic E-state index is 12.4. The second kappa shape index (κ2) is 8.91. The maximum Gasteiger partial charge on any atom is 0.407 e. The first-order valence-corrected chi connectivity index (χ1v) is 9.47. The number of carbonyl (C=O) groups is 1. The normalized spacial score (nSPS) is 12.5. The summed E-state index contributed by atoms with van der Waals surface area (Å²) in [5, 5.41) is 10.7. The molecular formula is C17H24N4O4S. The van der Waals surface area contributed by atoms with Gasteiger partial charge in [0.2, 0.25) is 0 Å². The average Bonchev–Trinajstić information content (AvgIpc) is 3.00. The van der Waals surface area contributed by atoms with Gasteiger partial charge in [0, 0.05) is 6.54 Å². The molecule has 0 bridgehead atoms. The minimum absolute atomic E-state index is 0.270. The highest BCUT2D eigenvalue weighted by molar-refractivity contribution is 7.90. The Morgan fingerprint density at radius 2 is 2.00 bits per heavy atom. The van der Waals surface area contributed by atoms with Gasteiger partial charge in [-0.15, -0.1) is 5.10 Å². The van der Waals surface area contributed by atoms with Gasteiger partial charge in [0.15, 0.2) is 10.6 Å². The zero-order valence-corrected chi connectivity index (χ0v) is 16.2. The van der Waals surface area contributed by atoms with Crippen LogP contribution in [0.3, 0.4) is 0 Å². The van der Waals surface area contributed by atoms with E-state index >= 15 is 0 Å². The summed E-state index contributed by atoms with van der Waals surface area (Å²) in [5.41, 5.74) is 0.0900. The average molecular weight is 380 g/mol. The van der Waals surface area contributed by atoms with E-state index in [0.717, 1.165) is 0 Å². The van der Waals surface area contributed by atoms with E-state index in [0.29, 0.717) is 29.4 Å². The van der Waals surface area contributed by atoms with Crippen LogP contribution in [-0.4, -0.2) is 44.9 Å². The van der Waals surface area contributed by atoms with Gasteiger partial charge in [-0.3, -0.25) is 4.68 Å². The molecule has 8 nitrogen and oxygen atoms in total. The lowest BCUT2D eigenvalue weighted by Crippen LogP contribution is -2.34. The van der Waals surface area contributed by atoms with Gasteiger partial charge < -0.3 is 19.3 Å². The number of rotatable bonds is 7. The van der Waals surface area contributed by atoms with E-state index in [4.69, 9.17) is 9.47 Å². The second-order valence-electron chi connectivity index (χ2n) is 6.57. The highest BCUT2D eigenvalue weighted by Gasteiger charge is 2.16. The fourth-order valence-corrected chi connectivity index (χ4v) is 3.05. The summed E-state index contributed by atoms with van der Waals surface area (Å²) in [6.07, 6.45) is 1.25. The fraction of sp³-hybridized carbons (Fsp3) is 0.471. The summed E-state index contributed by atoms with van der Waals surface area (Å²) >= 11 is -1.22. The van der Waals surface area contributed by atoms with Gasteiger partial charge in [0.25, 0.3) is 0 Å². The molecule has 0 aliphatic carbocycles. The number of hydrogen-bond donors (Lipinski definition) is 1. The first-order valence-electron chi connectivity index (χ1n) is 8.15. The SMILES string of the molecule is COc1ccc([S+]([O-])Cc2cn(CCNC(=O)OC(C)(C)C)nn2)cc1. The highest BCUT2D eigenvalue weighted by atomic mass is 32.2. The van der Waals surface area contributed by atoms with E-state index in [2.05, 4.69) is 15.6 Å². The van der Waals surface area contributed by atoms with Crippen LogP contribution in [0.4, 0.5) is 4.79 Å². The fourth-order valence-electron chi connectivity index (χ4n) is 2.05. The number of nitrogens with zero attached hydrogens (tertiary/aromatic N) is 3. The van der Waals surface area contributed by atoms with Crippen molar-refractivity contribution in [3.63, 3.8) is 0 Å². The van der Waals surface area contributed by atoms with Crippen molar-refractivity contribution in [2.45, 2.75) is 43.6 Å². The van der Waals surface area contributed by atoms with Crippen LogP contribution < -0.4 is 10.1 Å². The smallest absolute Gasteiger partial charge is 0.407 e. The van der Waals surface area contributed by atoms with Gasteiger partial charge in [-0.2, -0.15) is 0 Å². The molecule has 1 aromatic carbocycles. The monoisotopic (exact) mass is 380 g/mol. The number of hydrogen-bond acceptors (Lipinski definition) is 6. The second-order valence-corrected chi connectivity index (χ2v) is 8.02. The Labute approximate surface area is 156 Å². The van der Waals surface area contributed by atoms with Crippen LogP contribution in [0.1, 0.15) is 26.5 Å². The molecule has 1 N–H and O–H groups in total. The summed E-state index contributed by atoms with van der Waals surface area (Å²) in [4.78, 5) is 12.3. The van der Waals surface area contributed by atoms with E-state index in [9.17, 15) is 9.35 Å². The summed E-state index contributed by atoms with van der Waals surface area (Å²) < 4.78 is 24.2. The summed E-state index contributed by atoms with van der Waals surface area (Å²) in [6, 6.07) is 7.08. The predicted octanol–water partition coefficient (Wildman–Crippen LogP) is 2.12. The van der Waals surface area contributed by atoms with Gasteiger partial charge >= 0.3 is 6.09 Å². The van der Waals surface area contributed by atoms with Gasteiger partial charge in [0.1, 0.15) is 17.0 Å². The number of amides is 1. The topological polar surface area (TPSA) is 101 Å². The van der Waals surface area contributed by atoms with Crippen LogP contribution in [-0.2, 0) is 28.2 Å². The molecule has 0 aliphatic rings. The summed E-state index contributed by atoms with van der Waals surface area (Å²) in [7, 11) is 1.59. The zero-order chi connectivity index (χ0) is 19.2. The third kappa shape index (κ3) is 6.57. The molecule has 2 aromatic rings. The molecule has 0 fully saturated rings. The van der Waals surface area contributed by atoms with Crippen molar-refractivity contribution in [3.8, 4) is 5.75 Å². The molecule has 142 valence electrons. The zero-order valence-electron chi connectivity index (χ0n) is 15.4. The first-order chi connectivity index (χ1) is 12.3. The standard InChI is InChI=1S/C17H24N4O4S/c1-17(2,3)25-16(22)18-9-10-21-11-13(19-20-21)12-26(23)15-7-5-14(24-4)6-8-15/h5-8,11H,9-10,12H2,1-4H3,(H,18,22). The van der Waals surface area contributed by atoms with Crippen molar-refractivity contribution in [1.82, 2.24) is 20.3 Å². The summed E-state index contributed by atoms with van der Waals surface area (Å²) in [6.45, 7) is 6.22. The van der Waals surface area contributed by atoms with Crippen molar-refractivity contribution in [1.29, 1.82) is 0 Å². The van der Waals surface area contributed by atoms with Crippen molar-refractivity contribution < 1.29 is 18.8 Å². The quantitative estimate of drug-likeness (QED) is 0.738. The Morgan fingerprint density at radius 1 is 1.31 bits per heavy atom. The number of carbonyl (C=O) groups excluding carboxylic acids is 1. The maximum absolute atomic E-state index is 12.4. The molecule has 1 aromatic heterocycles. The molecule has 0 spiro atoms. The largest absolute Gasteiger partial charge is 0.611 e. The lowest BCUT2D eigenvalue weighted by Gasteiger charge is -2.19. The molecule has 0 saturated heterocycles. The number of alkyl carbamates (subject to hydrolysis) is 1. The predicted molar refractivity (Wildman–Crippen MR) is 97.4 cm³/mol. The molecule has 0 saturated carbocycles. The van der Waals surface area contributed by atoms with Crippen LogP contribution >= 0.6 is 0 Å². The molecule has 1 atom stereocenters. The lowest BCUT2D eigenvalue weighted by atomic mass is 10.2. The molecule has 0 radical (unpaired) electrons. The number of benzene rings is 1. The Balaban J connectivity index is 1.80. The third-order valence-corrected chi connectivity index (χ3v) is 4.55. The number of nitrogens with one attached hydrogen (secondary N) is 1. The van der Waals surface area contributed by atoms with Crippen LogP contribution in [0, 0.1) is 0 Å². The minimum atomic E-state index is -1.22. The van der Waals surface area contributed by atoms with Crippen molar-refractivity contribution in [3.05, 3.63) is 36.2 Å². The number of methoxy groups -OCH3 is 1. The molecule has 9 heteroatoms. The molecule has 0 aliphatic heterocycles. The van der Waals surface area contributed by atoms with Crippen LogP contribution in [0.15, 0.2) is 35.4 Å². The van der Waals surface area contributed by atoms with Crippen LogP contribution in [0.5, 0.6) is 5.75 Å². The molecule has 1 amide bonds. The van der Waals surface area contributed by atoms with Gasteiger partial charge in [-0.1, -0.05) is 5.21 Å². The van der Waals surface area contributed by atoms with Crippen molar-refractivity contribution in [2.24, 2.45) is 0 Å². The van der Waals surface area contributed by atoms with E-state index in [-0.39, 0.29) is 5.75 Å². The highest BCUT2D eigenvalue weighted by Crippen LogP contribution is 2.19. The Morgan fingerprint density at radius 3 is 2.62 bits per heavy atom.